The molecular formula is C10H11N3O2. The zero-order valence-electron chi connectivity index (χ0n) is 8.13. The molecular weight excluding hydrogens is 194 g/mol. The fourth-order valence-electron chi connectivity index (χ4n) is 1.52. The molecule has 2 heterocycles. The average Bonchev–Trinajstić information content (AvgIpc) is 2.71. The van der Waals surface area contributed by atoms with E-state index in [1.165, 1.54) is 12.5 Å². The summed E-state index contributed by atoms with van der Waals surface area (Å²) in [5.74, 6) is -0.974. The van der Waals surface area contributed by atoms with Crippen LogP contribution in [0.5, 0.6) is 0 Å². The van der Waals surface area contributed by atoms with E-state index in [2.05, 4.69) is 27.0 Å². The highest BCUT2D eigenvalue weighted by Crippen LogP contribution is 2.09. The third-order valence-corrected chi connectivity index (χ3v) is 2.29. The Morgan fingerprint density at radius 2 is 2.20 bits per heavy atom. The minimum absolute atomic E-state index is 0.185. The number of carboxylic acids is 1. The molecule has 0 unspecified atom stereocenters. The highest BCUT2D eigenvalue weighted by Gasteiger charge is 2.15. The average molecular weight is 205 g/mol. The molecule has 1 aliphatic heterocycles. The van der Waals surface area contributed by atoms with E-state index in [0.717, 1.165) is 13.1 Å². The molecule has 1 aliphatic rings. The molecule has 0 amide bonds. The maximum Gasteiger partial charge on any atom is 0.339 e. The molecule has 0 fully saturated rings. The van der Waals surface area contributed by atoms with Crippen molar-refractivity contribution < 1.29 is 9.90 Å². The van der Waals surface area contributed by atoms with E-state index in [1.807, 2.05) is 0 Å². The van der Waals surface area contributed by atoms with Crippen LogP contribution < -0.4 is 0 Å². The van der Waals surface area contributed by atoms with Crippen LogP contribution in [0, 0.1) is 0 Å². The van der Waals surface area contributed by atoms with E-state index in [-0.39, 0.29) is 5.56 Å². The van der Waals surface area contributed by atoms with Gasteiger partial charge in [0.25, 0.3) is 0 Å². The lowest BCUT2D eigenvalue weighted by atomic mass is 10.2. The quantitative estimate of drug-likeness (QED) is 0.730. The van der Waals surface area contributed by atoms with Crippen LogP contribution in [0.2, 0.25) is 0 Å². The third kappa shape index (κ3) is 2.19. The molecule has 0 aromatic carbocycles. The van der Waals surface area contributed by atoms with Crippen LogP contribution in [0.3, 0.4) is 0 Å². The number of nitrogens with zero attached hydrogens (tertiary/aromatic N) is 3. The standard InChI is InChI=1S/C10H11N3O2/c14-10(15)8-5-11-7-12-9(8)6-13-3-1-2-4-13/h1-2,5,7H,3-4,6H2,(H,14,15). The smallest absolute Gasteiger partial charge is 0.339 e. The second-order valence-electron chi connectivity index (χ2n) is 3.35. The van der Waals surface area contributed by atoms with Gasteiger partial charge in [-0.1, -0.05) is 12.2 Å². The molecule has 0 bridgehead atoms. The van der Waals surface area contributed by atoms with Crippen LogP contribution in [-0.2, 0) is 6.54 Å². The molecule has 5 heteroatoms. The molecule has 0 aliphatic carbocycles. The monoisotopic (exact) mass is 205 g/mol. The van der Waals surface area contributed by atoms with Crippen molar-refractivity contribution in [2.45, 2.75) is 6.54 Å². The lowest BCUT2D eigenvalue weighted by Gasteiger charge is -2.14. The SMILES string of the molecule is O=C(O)c1cncnc1CN1CC=CC1. The summed E-state index contributed by atoms with van der Waals surface area (Å²) in [5, 5.41) is 8.93. The van der Waals surface area contributed by atoms with Crippen molar-refractivity contribution in [2.24, 2.45) is 0 Å². The Kier molecular flexibility index (Phi) is 2.73. The first-order chi connectivity index (χ1) is 7.27. The second-order valence-corrected chi connectivity index (χ2v) is 3.35. The van der Waals surface area contributed by atoms with Crippen molar-refractivity contribution in [3.63, 3.8) is 0 Å². The van der Waals surface area contributed by atoms with Crippen LogP contribution in [0.15, 0.2) is 24.7 Å². The molecule has 78 valence electrons. The Balaban J connectivity index is 2.16. The molecule has 0 spiro atoms. The highest BCUT2D eigenvalue weighted by molar-refractivity contribution is 5.88. The van der Waals surface area contributed by atoms with Crippen molar-refractivity contribution >= 4 is 5.97 Å². The summed E-state index contributed by atoms with van der Waals surface area (Å²) >= 11 is 0. The van der Waals surface area contributed by atoms with Crippen molar-refractivity contribution in [1.82, 2.24) is 14.9 Å². The largest absolute Gasteiger partial charge is 0.478 e. The predicted molar refractivity (Wildman–Crippen MR) is 53.4 cm³/mol. The van der Waals surface area contributed by atoms with Gasteiger partial charge in [0.2, 0.25) is 0 Å². The van der Waals surface area contributed by atoms with Gasteiger partial charge in [0.05, 0.1) is 5.69 Å². The number of rotatable bonds is 3. The highest BCUT2D eigenvalue weighted by atomic mass is 16.4. The summed E-state index contributed by atoms with van der Waals surface area (Å²) in [6, 6.07) is 0. The summed E-state index contributed by atoms with van der Waals surface area (Å²) < 4.78 is 0. The van der Waals surface area contributed by atoms with E-state index in [9.17, 15) is 4.79 Å². The number of hydrogen-bond donors (Lipinski definition) is 1. The van der Waals surface area contributed by atoms with E-state index >= 15 is 0 Å². The number of carboxylic acid groups (broad SMARTS) is 1. The van der Waals surface area contributed by atoms with Gasteiger partial charge >= 0.3 is 5.97 Å². The Labute approximate surface area is 87.1 Å². The van der Waals surface area contributed by atoms with Gasteiger partial charge in [-0.05, 0) is 0 Å². The first-order valence-electron chi connectivity index (χ1n) is 4.67. The number of hydrogen-bond acceptors (Lipinski definition) is 4. The Hall–Kier alpha value is -1.75. The second kappa shape index (κ2) is 4.18. The van der Waals surface area contributed by atoms with Crippen molar-refractivity contribution in [2.75, 3.05) is 13.1 Å². The summed E-state index contributed by atoms with van der Waals surface area (Å²) in [5.41, 5.74) is 0.755. The number of carbonyl (C=O) groups is 1. The lowest BCUT2D eigenvalue weighted by Crippen LogP contribution is -2.22. The van der Waals surface area contributed by atoms with Crippen LogP contribution in [-0.4, -0.2) is 39.0 Å². The van der Waals surface area contributed by atoms with Gasteiger partial charge in [0.15, 0.2) is 0 Å². The lowest BCUT2D eigenvalue weighted by molar-refractivity contribution is 0.0693. The summed E-state index contributed by atoms with van der Waals surface area (Å²) in [7, 11) is 0. The maximum atomic E-state index is 10.9. The molecule has 1 N–H and O–H groups in total. The summed E-state index contributed by atoms with van der Waals surface area (Å²) in [4.78, 5) is 20.7. The van der Waals surface area contributed by atoms with Crippen molar-refractivity contribution in [3.05, 3.63) is 35.9 Å². The van der Waals surface area contributed by atoms with Gasteiger partial charge in [-0.15, -0.1) is 0 Å². The molecule has 0 saturated heterocycles. The zero-order valence-corrected chi connectivity index (χ0v) is 8.13. The van der Waals surface area contributed by atoms with E-state index in [0.29, 0.717) is 12.2 Å². The van der Waals surface area contributed by atoms with Crippen molar-refractivity contribution in [1.29, 1.82) is 0 Å². The van der Waals surface area contributed by atoms with Crippen LogP contribution in [0.25, 0.3) is 0 Å². The van der Waals surface area contributed by atoms with Gasteiger partial charge in [0.1, 0.15) is 11.9 Å². The molecule has 1 aromatic rings. The van der Waals surface area contributed by atoms with Gasteiger partial charge in [-0.2, -0.15) is 0 Å². The van der Waals surface area contributed by atoms with E-state index in [4.69, 9.17) is 5.11 Å². The first-order valence-corrected chi connectivity index (χ1v) is 4.67. The Bertz CT molecular complexity index is 395. The molecule has 0 saturated carbocycles. The minimum Gasteiger partial charge on any atom is -0.478 e. The van der Waals surface area contributed by atoms with Crippen LogP contribution in [0.4, 0.5) is 0 Å². The molecule has 0 radical (unpaired) electrons. The molecule has 0 atom stereocenters. The predicted octanol–water partition coefficient (Wildman–Crippen LogP) is 0.547. The fourth-order valence-corrected chi connectivity index (χ4v) is 1.52. The third-order valence-electron chi connectivity index (χ3n) is 2.29. The number of aromatic nitrogens is 2. The van der Waals surface area contributed by atoms with E-state index in [1.54, 1.807) is 0 Å². The van der Waals surface area contributed by atoms with Gasteiger partial charge in [0, 0.05) is 25.8 Å². The van der Waals surface area contributed by atoms with Gasteiger partial charge in [-0.3, -0.25) is 4.90 Å². The maximum absolute atomic E-state index is 10.9. The molecule has 15 heavy (non-hydrogen) atoms. The summed E-state index contributed by atoms with van der Waals surface area (Å²) in [6.07, 6.45) is 6.84. The molecule has 2 rings (SSSR count). The van der Waals surface area contributed by atoms with Gasteiger partial charge in [-0.25, -0.2) is 14.8 Å². The van der Waals surface area contributed by atoms with E-state index < -0.39 is 5.97 Å². The Morgan fingerprint density at radius 1 is 1.47 bits per heavy atom. The van der Waals surface area contributed by atoms with Crippen LogP contribution >= 0.6 is 0 Å². The van der Waals surface area contributed by atoms with Crippen molar-refractivity contribution in [3.8, 4) is 0 Å². The zero-order chi connectivity index (χ0) is 10.7. The molecule has 1 aromatic heterocycles. The fraction of sp³-hybridized carbons (Fsp3) is 0.300. The van der Waals surface area contributed by atoms with Crippen LogP contribution in [0.1, 0.15) is 16.1 Å². The Morgan fingerprint density at radius 3 is 2.87 bits per heavy atom. The topological polar surface area (TPSA) is 66.3 Å². The summed E-state index contributed by atoms with van der Waals surface area (Å²) in [6.45, 7) is 2.25. The minimum atomic E-state index is -0.974. The normalized spacial score (nSPS) is 15.7. The first kappa shape index (κ1) is 9.79. The molecule has 5 nitrogen and oxygen atoms in total. The number of aromatic carboxylic acids is 1. The van der Waals surface area contributed by atoms with Gasteiger partial charge < -0.3 is 5.11 Å².